The van der Waals surface area contributed by atoms with Crippen molar-refractivity contribution in [2.24, 2.45) is 0 Å². The molecule has 1 aliphatic rings. The Labute approximate surface area is 155 Å². The highest BCUT2D eigenvalue weighted by Crippen LogP contribution is 2.34. The Balaban J connectivity index is 1.87. The van der Waals surface area contributed by atoms with E-state index in [4.69, 9.17) is 14.5 Å². The maximum Gasteiger partial charge on any atom is 0.262 e. The van der Waals surface area contributed by atoms with Gasteiger partial charge in [0.2, 0.25) is 0 Å². The molecule has 0 spiro atoms. The summed E-state index contributed by atoms with van der Waals surface area (Å²) in [5, 5.41) is 0.763. The number of benzene rings is 1. The van der Waals surface area contributed by atoms with Crippen molar-refractivity contribution in [2.45, 2.75) is 26.8 Å². The van der Waals surface area contributed by atoms with Crippen molar-refractivity contribution < 1.29 is 9.47 Å². The van der Waals surface area contributed by atoms with E-state index in [1.165, 1.54) is 0 Å². The van der Waals surface area contributed by atoms with Gasteiger partial charge in [0.05, 0.1) is 19.6 Å². The van der Waals surface area contributed by atoms with Crippen molar-refractivity contribution in [1.29, 1.82) is 0 Å². The summed E-state index contributed by atoms with van der Waals surface area (Å²) in [6.45, 7) is 4.70. The topological polar surface area (TPSA) is 53.4 Å². The molecular formula is C20H20N2O3S. The number of aromatic nitrogens is 2. The Bertz CT molecular complexity index is 1110. The van der Waals surface area contributed by atoms with Crippen LogP contribution in [-0.2, 0) is 6.54 Å². The van der Waals surface area contributed by atoms with Gasteiger partial charge in [0.25, 0.3) is 5.56 Å². The zero-order valence-corrected chi connectivity index (χ0v) is 16.1. The Morgan fingerprint density at radius 3 is 2.77 bits per heavy atom. The number of allylic oxidation sites excluding steroid dienone is 1. The number of rotatable bonds is 3. The lowest BCUT2D eigenvalue weighted by molar-refractivity contribution is 0.394. The number of nitrogens with zero attached hydrogens (tertiary/aromatic N) is 2. The molecule has 4 rings (SSSR count). The monoisotopic (exact) mass is 368 g/mol. The van der Waals surface area contributed by atoms with Gasteiger partial charge in [-0.25, -0.2) is 4.98 Å². The predicted octanol–water partition coefficient (Wildman–Crippen LogP) is 4.04. The highest BCUT2D eigenvalue weighted by Gasteiger charge is 2.23. The van der Waals surface area contributed by atoms with Crippen LogP contribution in [0.3, 0.4) is 0 Å². The first-order chi connectivity index (χ1) is 12.5. The fourth-order valence-electron chi connectivity index (χ4n) is 3.39. The normalized spacial score (nSPS) is 14.8. The molecular weight excluding hydrogens is 348 g/mol. The summed E-state index contributed by atoms with van der Waals surface area (Å²) in [7, 11) is 3.27. The van der Waals surface area contributed by atoms with E-state index in [0.29, 0.717) is 6.54 Å². The van der Waals surface area contributed by atoms with Gasteiger partial charge in [-0.3, -0.25) is 9.36 Å². The number of hydrogen-bond acceptors (Lipinski definition) is 5. The average molecular weight is 368 g/mol. The summed E-state index contributed by atoms with van der Waals surface area (Å²) in [5.74, 6) is 2.25. The second kappa shape index (κ2) is 6.29. The van der Waals surface area contributed by atoms with Crippen LogP contribution in [0.5, 0.6) is 11.5 Å². The van der Waals surface area contributed by atoms with Crippen molar-refractivity contribution >= 4 is 33.2 Å². The molecule has 3 heterocycles. The number of methoxy groups -OCH3 is 2. The molecule has 26 heavy (non-hydrogen) atoms. The Hall–Kier alpha value is -2.60. The number of fused-ring (bicyclic) bond motifs is 2. The number of ether oxygens (including phenoxy) is 2. The largest absolute Gasteiger partial charge is 0.497 e. The van der Waals surface area contributed by atoms with Crippen molar-refractivity contribution in [3.63, 3.8) is 0 Å². The van der Waals surface area contributed by atoms with Gasteiger partial charge in [-0.2, -0.15) is 0 Å². The molecule has 0 amide bonds. The molecule has 0 N–H and O–H groups in total. The Kier molecular flexibility index (Phi) is 4.07. The van der Waals surface area contributed by atoms with E-state index >= 15 is 0 Å². The predicted molar refractivity (Wildman–Crippen MR) is 105 cm³/mol. The van der Waals surface area contributed by atoms with Gasteiger partial charge in [0.1, 0.15) is 22.2 Å². The quantitative estimate of drug-likeness (QED) is 0.700. The van der Waals surface area contributed by atoms with Gasteiger partial charge in [-0.1, -0.05) is 0 Å². The molecule has 3 aromatic rings. The maximum absolute atomic E-state index is 12.9. The highest BCUT2D eigenvalue weighted by molar-refractivity contribution is 7.18. The Morgan fingerprint density at radius 2 is 2.04 bits per heavy atom. The minimum atomic E-state index is 0.0666. The fourth-order valence-corrected chi connectivity index (χ4v) is 4.41. The van der Waals surface area contributed by atoms with Crippen molar-refractivity contribution in [3.8, 4) is 11.5 Å². The van der Waals surface area contributed by atoms with Gasteiger partial charge < -0.3 is 9.47 Å². The molecule has 0 saturated heterocycles. The SMILES string of the molecule is COc1ccc(/C=C2\CCn3c2nc2sc(C)c(C)c2c3=O)c(OC)c1. The molecule has 1 aliphatic heterocycles. The van der Waals surface area contributed by atoms with Crippen LogP contribution in [0, 0.1) is 13.8 Å². The van der Waals surface area contributed by atoms with Gasteiger partial charge in [-0.15, -0.1) is 11.3 Å². The van der Waals surface area contributed by atoms with E-state index in [1.54, 1.807) is 30.1 Å². The van der Waals surface area contributed by atoms with E-state index in [0.717, 1.165) is 55.5 Å². The number of hydrogen-bond donors (Lipinski definition) is 0. The van der Waals surface area contributed by atoms with Crippen molar-refractivity contribution in [1.82, 2.24) is 9.55 Å². The molecule has 5 nitrogen and oxygen atoms in total. The van der Waals surface area contributed by atoms with E-state index in [9.17, 15) is 4.79 Å². The summed E-state index contributed by atoms with van der Waals surface area (Å²) in [6.07, 6.45) is 2.84. The smallest absolute Gasteiger partial charge is 0.262 e. The summed E-state index contributed by atoms with van der Waals surface area (Å²) in [5.41, 5.74) is 3.12. The third kappa shape index (κ3) is 2.52. The van der Waals surface area contributed by atoms with Gasteiger partial charge in [0.15, 0.2) is 0 Å². The van der Waals surface area contributed by atoms with E-state index in [1.807, 2.05) is 32.0 Å². The lowest BCUT2D eigenvalue weighted by Gasteiger charge is -2.08. The zero-order chi connectivity index (χ0) is 18.4. The zero-order valence-electron chi connectivity index (χ0n) is 15.3. The first kappa shape index (κ1) is 16.8. The summed E-state index contributed by atoms with van der Waals surface area (Å²) in [6, 6.07) is 5.72. The molecule has 6 heteroatoms. The second-order valence-electron chi connectivity index (χ2n) is 6.38. The van der Waals surface area contributed by atoms with Gasteiger partial charge in [0, 0.05) is 23.1 Å². The molecule has 1 aromatic carbocycles. The molecule has 0 unspecified atom stereocenters. The summed E-state index contributed by atoms with van der Waals surface area (Å²) < 4.78 is 12.5. The third-order valence-corrected chi connectivity index (χ3v) is 6.05. The molecule has 0 radical (unpaired) electrons. The molecule has 0 aliphatic carbocycles. The molecule has 134 valence electrons. The van der Waals surface area contributed by atoms with E-state index in [-0.39, 0.29) is 5.56 Å². The molecule has 0 bridgehead atoms. The number of aryl methyl sites for hydroxylation is 2. The van der Waals surface area contributed by atoms with Crippen LogP contribution in [0.4, 0.5) is 0 Å². The van der Waals surface area contributed by atoms with Crippen molar-refractivity contribution in [2.75, 3.05) is 14.2 Å². The summed E-state index contributed by atoms with van der Waals surface area (Å²) in [4.78, 5) is 19.7. The second-order valence-corrected chi connectivity index (χ2v) is 7.59. The van der Waals surface area contributed by atoms with E-state index in [2.05, 4.69) is 6.08 Å². The molecule has 2 aromatic heterocycles. The standard InChI is InChI=1S/C20H20N2O3S/c1-11-12(2)26-19-17(11)20(23)22-8-7-14(18(22)21-19)9-13-5-6-15(24-3)10-16(13)25-4/h5-6,9-10H,7-8H2,1-4H3/b14-9+. The van der Waals surface area contributed by atoms with E-state index < -0.39 is 0 Å². The minimum absolute atomic E-state index is 0.0666. The van der Waals surface area contributed by atoms with Crippen LogP contribution in [0.25, 0.3) is 21.9 Å². The lowest BCUT2D eigenvalue weighted by atomic mass is 10.1. The lowest BCUT2D eigenvalue weighted by Crippen LogP contribution is -2.20. The maximum atomic E-state index is 12.9. The fraction of sp³-hybridized carbons (Fsp3) is 0.300. The molecule has 0 fully saturated rings. The minimum Gasteiger partial charge on any atom is -0.497 e. The van der Waals surface area contributed by atoms with Crippen LogP contribution < -0.4 is 15.0 Å². The number of thiophene rings is 1. The van der Waals surface area contributed by atoms with Gasteiger partial charge >= 0.3 is 0 Å². The van der Waals surface area contributed by atoms with Crippen LogP contribution in [0.1, 0.15) is 28.2 Å². The highest BCUT2D eigenvalue weighted by atomic mass is 32.1. The summed E-state index contributed by atoms with van der Waals surface area (Å²) >= 11 is 1.59. The van der Waals surface area contributed by atoms with Crippen LogP contribution in [0.2, 0.25) is 0 Å². The van der Waals surface area contributed by atoms with Crippen LogP contribution in [-0.4, -0.2) is 23.8 Å². The van der Waals surface area contributed by atoms with Crippen LogP contribution >= 0.6 is 11.3 Å². The van der Waals surface area contributed by atoms with Crippen molar-refractivity contribution in [3.05, 3.63) is 50.4 Å². The first-order valence-corrected chi connectivity index (χ1v) is 9.28. The average Bonchev–Trinajstić information content (AvgIpc) is 3.17. The van der Waals surface area contributed by atoms with Gasteiger partial charge in [-0.05, 0) is 49.6 Å². The van der Waals surface area contributed by atoms with Crippen LogP contribution in [0.15, 0.2) is 23.0 Å². The Morgan fingerprint density at radius 1 is 1.23 bits per heavy atom. The molecule has 0 atom stereocenters. The third-order valence-electron chi connectivity index (χ3n) is 4.95. The first-order valence-electron chi connectivity index (χ1n) is 8.47. The molecule has 0 saturated carbocycles.